The van der Waals surface area contributed by atoms with E-state index >= 15 is 0 Å². The second kappa shape index (κ2) is 5.38. The minimum atomic E-state index is -4.99. The molecule has 0 radical (unpaired) electrons. The number of halogens is 3. The Morgan fingerprint density at radius 2 is 2.11 bits per heavy atom. The van der Waals surface area contributed by atoms with Crippen molar-refractivity contribution < 1.29 is 17.7 Å². The van der Waals surface area contributed by atoms with Gasteiger partial charge in [0.05, 0.1) is 6.20 Å². The van der Waals surface area contributed by atoms with Gasteiger partial charge in [-0.3, -0.25) is 4.68 Å². The predicted octanol–water partition coefficient (Wildman–Crippen LogP) is 2.54. The molecule has 0 saturated heterocycles. The molecule has 0 atom stereocenters. The van der Waals surface area contributed by atoms with E-state index in [0.717, 1.165) is 24.2 Å². The maximum absolute atomic E-state index is 12.6. The lowest BCUT2D eigenvalue weighted by Gasteiger charge is -2.15. The number of ether oxygens (including phenoxy) is 1. The molecule has 0 unspecified atom stereocenters. The van der Waals surface area contributed by atoms with Crippen LogP contribution in [0, 0.1) is 0 Å². The van der Waals surface area contributed by atoms with Gasteiger partial charge in [-0.05, 0) is 19.1 Å². The fourth-order valence-electron chi connectivity index (χ4n) is 1.63. The molecular formula is C12H13BF3N2O-. The van der Waals surface area contributed by atoms with Gasteiger partial charge in [-0.2, -0.15) is 5.10 Å². The highest BCUT2D eigenvalue weighted by Gasteiger charge is 2.25. The van der Waals surface area contributed by atoms with E-state index in [2.05, 4.69) is 5.10 Å². The highest BCUT2D eigenvalue weighted by molar-refractivity contribution is 6.73. The zero-order valence-electron chi connectivity index (χ0n) is 10.4. The third kappa shape index (κ3) is 3.53. The Kier molecular flexibility index (Phi) is 3.83. The number of nitrogens with zero attached hydrogens (tertiary/aromatic N) is 2. The van der Waals surface area contributed by atoms with Crippen LogP contribution in [0.15, 0.2) is 36.7 Å². The standard InChI is InChI=1S/C12H13BF3N2O/c1-2-18-8-10(7-17-18)9-19-12-5-3-4-11(6-12)13(14,15)16/h3-8H,2,9H2,1H3/q-1. The van der Waals surface area contributed by atoms with Crippen LogP contribution < -0.4 is 10.2 Å². The molecule has 0 spiro atoms. The summed E-state index contributed by atoms with van der Waals surface area (Å²) in [5.41, 5.74) is 0.173. The van der Waals surface area contributed by atoms with Gasteiger partial charge in [0, 0.05) is 18.3 Å². The fraction of sp³-hybridized carbons (Fsp3) is 0.250. The maximum Gasteiger partial charge on any atom is 0.509 e. The van der Waals surface area contributed by atoms with Gasteiger partial charge in [0.15, 0.2) is 0 Å². The van der Waals surface area contributed by atoms with Crippen LogP contribution in [0.2, 0.25) is 0 Å². The summed E-state index contributed by atoms with van der Waals surface area (Å²) < 4.78 is 44.8. The van der Waals surface area contributed by atoms with Crippen molar-refractivity contribution in [3.05, 3.63) is 42.2 Å². The van der Waals surface area contributed by atoms with Gasteiger partial charge in [0.2, 0.25) is 0 Å². The van der Waals surface area contributed by atoms with Crippen LogP contribution >= 0.6 is 0 Å². The average molecular weight is 269 g/mol. The molecule has 19 heavy (non-hydrogen) atoms. The Labute approximate surface area is 109 Å². The van der Waals surface area contributed by atoms with Crippen LogP contribution in [0.1, 0.15) is 12.5 Å². The van der Waals surface area contributed by atoms with Crippen LogP contribution in [0.3, 0.4) is 0 Å². The first-order valence-electron chi connectivity index (χ1n) is 5.93. The molecule has 2 rings (SSSR count). The lowest BCUT2D eigenvalue weighted by atomic mass is 9.80. The van der Waals surface area contributed by atoms with Crippen LogP contribution in [-0.4, -0.2) is 16.8 Å². The second-order valence-corrected chi connectivity index (χ2v) is 4.14. The van der Waals surface area contributed by atoms with Gasteiger partial charge in [-0.25, -0.2) is 0 Å². The first-order chi connectivity index (χ1) is 8.99. The van der Waals surface area contributed by atoms with Crippen molar-refractivity contribution in [1.82, 2.24) is 9.78 Å². The Balaban J connectivity index is 2.03. The molecule has 1 aromatic carbocycles. The maximum atomic E-state index is 12.6. The SMILES string of the molecule is CCn1cc(COc2cccc([B-](F)(F)F)c2)cn1. The minimum absolute atomic E-state index is 0.203. The molecule has 1 aromatic heterocycles. The van der Waals surface area contributed by atoms with Crippen LogP contribution in [0.25, 0.3) is 0 Å². The van der Waals surface area contributed by atoms with Gasteiger partial charge < -0.3 is 17.7 Å². The smallest absolute Gasteiger partial charge is 0.489 e. The Bertz CT molecular complexity index is 554. The van der Waals surface area contributed by atoms with Crippen molar-refractivity contribution in [2.24, 2.45) is 0 Å². The van der Waals surface area contributed by atoms with Crippen molar-refractivity contribution in [1.29, 1.82) is 0 Å². The molecule has 3 nitrogen and oxygen atoms in total. The van der Waals surface area contributed by atoms with E-state index in [1.165, 1.54) is 12.1 Å². The van der Waals surface area contributed by atoms with E-state index in [1.807, 2.05) is 6.92 Å². The Morgan fingerprint density at radius 3 is 2.74 bits per heavy atom. The van der Waals surface area contributed by atoms with Crippen LogP contribution in [0.4, 0.5) is 12.9 Å². The molecule has 0 saturated carbocycles. The summed E-state index contributed by atoms with van der Waals surface area (Å²) in [5.74, 6) is 0.209. The molecule has 7 heteroatoms. The number of rotatable bonds is 5. The number of aromatic nitrogens is 2. The van der Waals surface area contributed by atoms with E-state index in [9.17, 15) is 12.9 Å². The van der Waals surface area contributed by atoms with Crippen molar-refractivity contribution in [2.75, 3.05) is 0 Å². The third-order valence-electron chi connectivity index (χ3n) is 2.65. The zero-order valence-corrected chi connectivity index (χ0v) is 10.4. The largest absolute Gasteiger partial charge is 0.509 e. The first kappa shape index (κ1) is 13.5. The van der Waals surface area contributed by atoms with Crippen molar-refractivity contribution in [3.8, 4) is 5.75 Å². The number of hydrogen-bond acceptors (Lipinski definition) is 2. The Hall–Kier alpha value is -1.92. The zero-order chi connectivity index (χ0) is 13.9. The molecule has 0 bridgehead atoms. The molecule has 0 aliphatic rings. The lowest BCUT2D eigenvalue weighted by molar-refractivity contribution is 0.306. The third-order valence-corrected chi connectivity index (χ3v) is 2.65. The summed E-state index contributed by atoms with van der Waals surface area (Å²) >= 11 is 0. The monoisotopic (exact) mass is 269 g/mol. The normalized spacial score (nSPS) is 11.6. The van der Waals surface area contributed by atoms with Gasteiger partial charge in [-0.15, -0.1) is 5.46 Å². The highest BCUT2D eigenvalue weighted by Crippen LogP contribution is 2.15. The van der Waals surface area contributed by atoms with Crippen molar-refractivity contribution in [3.63, 3.8) is 0 Å². The van der Waals surface area contributed by atoms with E-state index in [4.69, 9.17) is 4.74 Å². The van der Waals surface area contributed by atoms with E-state index < -0.39 is 12.4 Å². The molecule has 0 N–H and O–H groups in total. The molecule has 2 aromatic rings. The second-order valence-electron chi connectivity index (χ2n) is 4.14. The van der Waals surface area contributed by atoms with Gasteiger partial charge in [0.25, 0.3) is 0 Å². The summed E-state index contributed by atoms with van der Waals surface area (Å²) in [6.45, 7) is -2.10. The molecule has 0 aliphatic carbocycles. The number of hydrogen-bond donors (Lipinski definition) is 0. The molecule has 0 amide bonds. The molecule has 0 aliphatic heterocycles. The topological polar surface area (TPSA) is 27.1 Å². The molecule has 1 heterocycles. The number of aryl methyl sites for hydroxylation is 1. The summed E-state index contributed by atoms with van der Waals surface area (Å²) in [7, 11) is 0. The number of benzene rings is 1. The summed E-state index contributed by atoms with van der Waals surface area (Å²) in [4.78, 5) is 0. The summed E-state index contributed by atoms with van der Waals surface area (Å²) in [6, 6.07) is 4.91. The Morgan fingerprint density at radius 1 is 1.32 bits per heavy atom. The molecule has 102 valence electrons. The van der Waals surface area contributed by atoms with E-state index in [-0.39, 0.29) is 12.4 Å². The van der Waals surface area contributed by atoms with Crippen LogP contribution in [0.5, 0.6) is 5.75 Å². The summed E-state index contributed by atoms with van der Waals surface area (Å²) in [6.07, 6.45) is 3.44. The average Bonchev–Trinajstić information content (AvgIpc) is 2.84. The van der Waals surface area contributed by atoms with Crippen molar-refractivity contribution in [2.45, 2.75) is 20.1 Å². The summed E-state index contributed by atoms with van der Waals surface area (Å²) in [5, 5.41) is 4.06. The van der Waals surface area contributed by atoms with E-state index in [0.29, 0.717) is 0 Å². The quantitative estimate of drug-likeness (QED) is 0.780. The molecule has 0 fully saturated rings. The first-order valence-corrected chi connectivity index (χ1v) is 5.93. The predicted molar refractivity (Wildman–Crippen MR) is 67.4 cm³/mol. The van der Waals surface area contributed by atoms with Gasteiger partial charge >= 0.3 is 6.98 Å². The van der Waals surface area contributed by atoms with Gasteiger partial charge in [0.1, 0.15) is 12.4 Å². The molecular weight excluding hydrogens is 256 g/mol. The van der Waals surface area contributed by atoms with Crippen LogP contribution in [-0.2, 0) is 13.2 Å². The van der Waals surface area contributed by atoms with Gasteiger partial charge in [-0.1, -0.05) is 12.1 Å². The fourth-order valence-corrected chi connectivity index (χ4v) is 1.63. The van der Waals surface area contributed by atoms with E-state index in [1.54, 1.807) is 17.1 Å². The minimum Gasteiger partial charge on any atom is -0.489 e. The van der Waals surface area contributed by atoms with Crippen molar-refractivity contribution >= 4 is 12.4 Å². The highest BCUT2D eigenvalue weighted by atomic mass is 19.4. The lowest BCUT2D eigenvalue weighted by Crippen LogP contribution is -2.33.